The second-order valence-electron chi connectivity index (χ2n) is 1.75. The fraction of sp³-hybridized carbons (Fsp3) is 0.600. The van der Waals surface area contributed by atoms with Gasteiger partial charge in [-0.3, -0.25) is 14.5 Å². The van der Waals surface area contributed by atoms with E-state index in [2.05, 4.69) is 0 Å². The number of hydrogen-bond acceptors (Lipinski definition) is 3. The molecule has 0 aromatic carbocycles. The predicted molar refractivity (Wildman–Crippen MR) is 28.6 cm³/mol. The van der Waals surface area contributed by atoms with Gasteiger partial charge in [0.25, 0.3) is 5.91 Å². The van der Waals surface area contributed by atoms with Gasteiger partial charge in [0.2, 0.25) is 6.41 Å². The number of nitrogens with zero attached hydrogens (tertiary/aromatic N) is 1. The molecule has 0 aromatic heterocycles. The summed E-state index contributed by atoms with van der Waals surface area (Å²) < 4.78 is 4.76. The van der Waals surface area contributed by atoms with Crippen molar-refractivity contribution in [3.63, 3.8) is 0 Å². The summed E-state index contributed by atoms with van der Waals surface area (Å²) in [5.41, 5.74) is 0. The van der Waals surface area contributed by atoms with Crippen molar-refractivity contribution in [1.82, 2.24) is 4.90 Å². The van der Waals surface area contributed by atoms with E-state index >= 15 is 0 Å². The van der Waals surface area contributed by atoms with Gasteiger partial charge < -0.3 is 4.74 Å². The molecule has 50 valence electrons. The molecule has 0 spiro atoms. The lowest BCUT2D eigenvalue weighted by atomic mass is 10.4. The number of hydrogen-bond donors (Lipinski definition) is 0. The van der Waals surface area contributed by atoms with Gasteiger partial charge in [-0.1, -0.05) is 0 Å². The molecule has 1 aliphatic rings. The zero-order chi connectivity index (χ0) is 6.69. The highest BCUT2D eigenvalue weighted by Crippen LogP contribution is 1.93. The molecule has 0 saturated carbocycles. The van der Waals surface area contributed by atoms with Gasteiger partial charge in [-0.2, -0.15) is 0 Å². The van der Waals surface area contributed by atoms with Gasteiger partial charge in [-0.05, 0) is 0 Å². The van der Waals surface area contributed by atoms with Crippen LogP contribution in [0.1, 0.15) is 0 Å². The lowest BCUT2D eigenvalue weighted by Crippen LogP contribution is -2.40. The minimum atomic E-state index is -0.253. The van der Waals surface area contributed by atoms with Crippen LogP contribution in [-0.2, 0) is 14.3 Å². The zero-order valence-electron chi connectivity index (χ0n) is 4.87. The molecule has 1 saturated heterocycles. The standard InChI is InChI=1S/C5H7NO3/c7-4-6-1-2-9-3-5(6)8/h4H,1-3H2. The summed E-state index contributed by atoms with van der Waals surface area (Å²) in [6.07, 6.45) is 0.533. The quantitative estimate of drug-likeness (QED) is 0.427. The number of amides is 2. The van der Waals surface area contributed by atoms with Crippen molar-refractivity contribution in [1.29, 1.82) is 0 Å². The van der Waals surface area contributed by atoms with E-state index in [-0.39, 0.29) is 12.5 Å². The van der Waals surface area contributed by atoms with Crippen LogP contribution in [0.25, 0.3) is 0 Å². The highest BCUT2D eigenvalue weighted by Gasteiger charge is 2.16. The Balaban J connectivity index is 2.48. The summed E-state index contributed by atoms with van der Waals surface area (Å²) in [6, 6.07) is 0. The van der Waals surface area contributed by atoms with E-state index in [9.17, 15) is 9.59 Å². The maximum atomic E-state index is 10.6. The Bertz CT molecular complexity index is 134. The summed E-state index contributed by atoms with van der Waals surface area (Å²) in [4.78, 5) is 21.7. The minimum absolute atomic E-state index is 0.0404. The van der Waals surface area contributed by atoms with Crippen LogP contribution >= 0.6 is 0 Å². The number of rotatable bonds is 1. The van der Waals surface area contributed by atoms with Crippen molar-refractivity contribution >= 4 is 12.3 Å². The Morgan fingerprint density at radius 1 is 1.67 bits per heavy atom. The van der Waals surface area contributed by atoms with Crippen molar-refractivity contribution in [2.24, 2.45) is 0 Å². The zero-order valence-corrected chi connectivity index (χ0v) is 4.87. The maximum Gasteiger partial charge on any atom is 0.255 e. The lowest BCUT2D eigenvalue weighted by Gasteiger charge is -2.19. The van der Waals surface area contributed by atoms with Crippen LogP contribution in [0.2, 0.25) is 0 Å². The van der Waals surface area contributed by atoms with Crippen molar-refractivity contribution in [2.45, 2.75) is 0 Å². The van der Waals surface area contributed by atoms with Gasteiger partial charge in [-0.15, -0.1) is 0 Å². The number of ether oxygens (including phenoxy) is 1. The summed E-state index contributed by atoms with van der Waals surface area (Å²) >= 11 is 0. The second kappa shape index (κ2) is 2.59. The summed E-state index contributed by atoms with van der Waals surface area (Å²) in [6.45, 7) is 0.894. The highest BCUT2D eigenvalue weighted by molar-refractivity contribution is 5.87. The molecule has 0 unspecified atom stereocenters. The monoisotopic (exact) mass is 129 g/mol. The average molecular weight is 129 g/mol. The Hall–Kier alpha value is -0.900. The van der Waals surface area contributed by atoms with Gasteiger partial charge in [0.1, 0.15) is 6.61 Å². The fourth-order valence-electron chi connectivity index (χ4n) is 0.641. The smallest absolute Gasteiger partial charge is 0.255 e. The first kappa shape index (κ1) is 6.22. The summed E-state index contributed by atoms with van der Waals surface area (Å²) in [5.74, 6) is -0.253. The summed E-state index contributed by atoms with van der Waals surface area (Å²) in [7, 11) is 0. The van der Waals surface area contributed by atoms with Crippen LogP contribution in [0, 0.1) is 0 Å². The predicted octanol–water partition coefficient (Wildman–Crippen LogP) is -0.998. The molecule has 1 aliphatic heterocycles. The Labute approximate surface area is 52.4 Å². The third-order valence-electron chi connectivity index (χ3n) is 1.15. The molecule has 9 heavy (non-hydrogen) atoms. The van der Waals surface area contributed by atoms with E-state index in [0.717, 1.165) is 4.90 Å². The number of imide groups is 1. The molecule has 1 heterocycles. The van der Waals surface area contributed by atoms with E-state index in [0.29, 0.717) is 19.6 Å². The maximum absolute atomic E-state index is 10.6. The Morgan fingerprint density at radius 2 is 2.44 bits per heavy atom. The van der Waals surface area contributed by atoms with E-state index in [4.69, 9.17) is 4.74 Å². The molecule has 0 N–H and O–H groups in total. The number of morpholine rings is 1. The topological polar surface area (TPSA) is 46.6 Å². The normalized spacial score (nSPS) is 20.0. The first-order chi connectivity index (χ1) is 4.34. The second-order valence-corrected chi connectivity index (χ2v) is 1.75. The molecular formula is C5H7NO3. The van der Waals surface area contributed by atoms with Crippen LogP contribution in [0.3, 0.4) is 0 Å². The Morgan fingerprint density at radius 3 is 2.89 bits per heavy atom. The molecule has 4 nitrogen and oxygen atoms in total. The largest absolute Gasteiger partial charge is 0.370 e. The molecule has 0 aromatic rings. The van der Waals surface area contributed by atoms with E-state index in [1.54, 1.807) is 0 Å². The average Bonchev–Trinajstić information content (AvgIpc) is 1.89. The molecule has 1 rings (SSSR count). The molecule has 1 fully saturated rings. The van der Waals surface area contributed by atoms with Gasteiger partial charge >= 0.3 is 0 Å². The minimum Gasteiger partial charge on any atom is -0.370 e. The van der Waals surface area contributed by atoms with Crippen molar-refractivity contribution < 1.29 is 14.3 Å². The number of carbonyl (C=O) groups is 2. The van der Waals surface area contributed by atoms with E-state index in [1.165, 1.54) is 0 Å². The summed E-state index contributed by atoms with van der Waals surface area (Å²) in [5, 5.41) is 0. The van der Waals surface area contributed by atoms with Crippen molar-refractivity contribution in [2.75, 3.05) is 19.8 Å². The molecule has 0 bridgehead atoms. The first-order valence-corrected chi connectivity index (χ1v) is 2.67. The number of carbonyl (C=O) groups excluding carboxylic acids is 2. The van der Waals surface area contributed by atoms with Crippen LogP contribution in [0.5, 0.6) is 0 Å². The van der Waals surface area contributed by atoms with Gasteiger partial charge in [-0.25, -0.2) is 0 Å². The van der Waals surface area contributed by atoms with Crippen molar-refractivity contribution in [3.05, 3.63) is 0 Å². The third-order valence-corrected chi connectivity index (χ3v) is 1.15. The van der Waals surface area contributed by atoms with Gasteiger partial charge in [0, 0.05) is 0 Å². The molecule has 4 heteroatoms. The Kier molecular flexibility index (Phi) is 1.79. The van der Waals surface area contributed by atoms with E-state index in [1.807, 2.05) is 0 Å². The van der Waals surface area contributed by atoms with Gasteiger partial charge in [0.15, 0.2) is 0 Å². The van der Waals surface area contributed by atoms with Gasteiger partial charge in [0.05, 0.1) is 13.2 Å². The molecule has 0 radical (unpaired) electrons. The third kappa shape index (κ3) is 1.26. The fourth-order valence-corrected chi connectivity index (χ4v) is 0.641. The molecule has 2 amide bonds. The van der Waals surface area contributed by atoms with Crippen LogP contribution in [-0.4, -0.2) is 37.0 Å². The van der Waals surface area contributed by atoms with Crippen LogP contribution < -0.4 is 0 Å². The molecular weight excluding hydrogens is 122 g/mol. The lowest BCUT2D eigenvalue weighted by molar-refractivity contribution is -0.147. The van der Waals surface area contributed by atoms with E-state index < -0.39 is 0 Å². The first-order valence-electron chi connectivity index (χ1n) is 2.67. The molecule has 0 aliphatic carbocycles. The van der Waals surface area contributed by atoms with Crippen LogP contribution in [0.15, 0.2) is 0 Å². The SMILES string of the molecule is O=CN1CCOCC1=O. The molecule has 0 atom stereocenters. The van der Waals surface area contributed by atoms with Crippen molar-refractivity contribution in [3.8, 4) is 0 Å². The highest BCUT2D eigenvalue weighted by atomic mass is 16.5. The van der Waals surface area contributed by atoms with Crippen LogP contribution in [0.4, 0.5) is 0 Å².